The zero-order valence-corrected chi connectivity index (χ0v) is 14.3. The summed E-state index contributed by atoms with van der Waals surface area (Å²) in [7, 11) is 0. The fourth-order valence-electron chi connectivity index (χ4n) is 2.31. The summed E-state index contributed by atoms with van der Waals surface area (Å²) in [6.07, 6.45) is 0.719. The Morgan fingerprint density at radius 2 is 1.64 bits per heavy atom. The van der Waals surface area contributed by atoms with E-state index in [1.54, 1.807) is 0 Å². The SMILES string of the molecule is Cc1cc(C)nc(CCNC(=O)CCNC(=O)c2ccc(F)cc2)n1. The predicted molar refractivity (Wildman–Crippen MR) is 91.6 cm³/mol. The van der Waals surface area contributed by atoms with E-state index in [4.69, 9.17) is 0 Å². The van der Waals surface area contributed by atoms with E-state index >= 15 is 0 Å². The quantitative estimate of drug-likeness (QED) is 0.801. The van der Waals surface area contributed by atoms with E-state index in [1.165, 1.54) is 24.3 Å². The smallest absolute Gasteiger partial charge is 0.251 e. The van der Waals surface area contributed by atoms with E-state index in [1.807, 2.05) is 19.9 Å². The lowest BCUT2D eigenvalue weighted by molar-refractivity contribution is -0.120. The van der Waals surface area contributed by atoms with Gasteiger partial charge >= 0.3 is 0 Å². The van der Waals surface area contributed by atoms with Crippen LogP contribution in [-0.4, -0.2) is 34.9 Å². The Hall–Kier alpha value is -2.83. The van der Waals surface area contributed by atoms with Gasteiger partial charge in [-0.2, -0.15) is 0 Å². The van der Waals surface area contributed by atoms with Crippen LogP contribution in [0.25, 0.3) is 0 Å². The minimum Gasteiger partial charge on any atom is -0.356 e. The number of benzene rings is 1. The number of carbonyl (C=O) groups is 2. The molecule has 0 spiro atoms. The summed E-state index contributed by atoms with van der Waals surface area (Å²) in [6, 6.07) is 7.13. The molecule has 0 atom stereocenters. The second-order valence-electron chi connectivity index (χ2n) is 5.68. The van der Waals surface area contributed by atoms with Gasteiger partial charge in [-0.05, 0) is 44.2 Å². The van der Waals surface area contributed by atoms with Crippen molar-refractivity contribution in [1.82, 2.24) is 20.6 Å². The predicted octanol–water partition coefficient (Wildman–Crippen LogP) is 1.71. The molecule has 1 aromatic carbocycles. The van der Waals surface area contributed by atoms with E-state index in [9.17, 15) is 14.0 Å². The lowest BCUT2D eigenvalue weighted by Gasteiger charge is -2.07. The molecule has 2 aromatic rings. The third-order valence-corrected chi connectivity index (χ3v) is 3.44. The number of hydrogen-bond donors (Lipinski definition) is 2. The maximum absolute atomic E-state index is 12.8. The molecule has 0 radical (unpaired) electrons. The minimum atomic E-state index is -0.399. The topological polar surface area (TPSA) is 84.0 Å². The highest BCUT2D eigenvalue weighted by Crippen LogP contribution is 2.02. The van der Waals surface area contributed by atoms with Crippen molar-refractivity contribution in [1.29, 1.82) is 0 Å². The van der Waals surface area contributed by atoms with E-state index in [2.05, 4.69) is 20.6 Å². The van der Waals surface area contributed by atoms with Gasteiger partial charge in [0.2, 0.25) is 5.91 Å². The van der Waals surface area contributed by atoms with Crippen LogP contribution in [0.2, 0.25) is 0 Å². The van der Waals surface area contributed by atoms with Crippen molar-refractivity contribution in [3.05, 3.63) is 58.9 Å². The molecule has 2 amide bonds. The normalized spacial score (nSPS) is 10.4. The van der Waals surface area contributed by atoms with Crippen molar-refractivity contribution >= 4 is 11.8 Å². The van der Waals surface area contributed by atoms with Crippen molar-refractivity contribution in [3.8, 4) is 0 Å². The Morgan fingerprint density at radius 3 is 2.28 bits per heavy atom. The monoisotopic (exact) mass is 344 g/mol. The molecular weight excluding hydrogens is 323 g/mol. The second kappa shape index (κ2) is 8.86. The van der Waals surface area contributed by atoms with Gasteiger partial charge in [0.1, 0.15) is 11.6 Å². The van der Waals surface area contributed by atoms with Gasteiger partial charge in [0.25, 0.3) is 5.91 Å². The van der Waals surface area contributed by atoms with Crippen molar-refractivity contribution in [2.45, 2.75) is 26.7 Å². The van der Waals surface area contributed by atoms with E-state index < -0.39 is 5.82 Å². The molecule has 0 saturated heterocycles. The molecule has 6 nitrogen and oxygen atoms in total. The molecule has 1 heterocycles. The average Bonchev–Trinajstić information content (AvgIpc) is 2.54. The maximum atomic E-state index is 12.8. The molecule has 7 heteroatoms. The number of nitrogens with zero attached hydrogens (tertiary/aromatic N) is 2. The lowest BCUT2D eigenvalue weighted by Crippen LogP contribution is -2.31. The Balaban J connectivity index is 1.67. The Bertz CT molecular complexity index is 727. The summed E-state index contributed by atoms with van der Waals surface area (Å²) in [5, 5.41) is 5.40. The minimum absolute atomic E-state index is 0.163. The summed E-state index contributed by atoms with van der Waals surface area (Å²) in [4.78, 5) is 32.2. The zero-order chi connectivity index (χ0) is 18.2. The summed E-state index contributed by atoms with van der Waals surface area (Å²) in [5.41, 5.74) is 2.16. The molecule has 0 fully saturated rings. The largest absolute Gasteiger partial charge is 0.356 e. The number of nitrogens with one attached hydrogen (secondary N) is 2. The first-order chi connectivity index (χ1) is 11.9. The molecule has 0 bridgehead atoms. The number of aromatic nitrogens is 2. The second-order valence-corrected chi connectivity index (χ2v) is 5.68. The van der Waals surface area contributed by atoms with E-state index in [-0.39, 0.29) is 24.8 Å². The maximum Gasteiger partial charge on any atom is 0.251 e. The summed E-state index contributed by atoms with van der Waals surface area (Å²) >= 11 is 0. The van der Waals surface area contributed by atoms with Crippen molar-refractivity contribution in [2.24, 2.45) is 0 Å². The molecule has 0 unspecified atom stereocenters. The lowest BCUT2D eigenvalue weighted by atomic mass is 10.2. The van der Waals surface area contributed by atoms with Crippen LogP contribution in [0.3, 0.4) is 0 Å². The third kappa shape index (κ3) is 6.29. The zero-order valence-electron chi connectivity index (χ0n) is 14.3. The number of rotatable bonds is 7. The van der Waals surface area contributed by atoms with Gasteiger partial charge in [0.15, 0.2) is 0 Å². The van der Waals surface area contributed by atoms with E-state index in [0.29, 0.717) is 24.4 Å². The van der Waals surface area contributed by atoms with Crippen molar-refractivity contribution in [3.63, 3.8) is 0 Å². The highest BCUT2D eigenvalue weighted by atomic mass is 19.1. The molecule has 0 aliphatic rings. The summed E-state index contributed by atoms with van der Waals surface area (Å²) in [5.74, 6) is -0.202. The molecule has 2 N–H and O–H groups in total. The molecule has 1 aromatic heterocycles. The molecule has 0 saturated carbocycles. The van der Waals surface area contributed by atoms with Gasteiger partial charge in [-0.25, -0.2) is 14.4 Å². The number of aryl methyl sites for hydroxylation is 2. The summed E-state index contributed by atoms with van der Waals surface area (Å²) < 4.78 is 12.8. The number of amides is 2. The summed E-state index contributed by atoms with van der Waals surface area (Å²) in [6.45, 7) is 4.46. The molecule has 0 aliphatic carbocycles. The Kier molecular flexibility index (Phi) is 6.56. The van der Waals surface area contributed by atoms with Crippen LogP contribution in [0.1, 0.15) is 34.0 Å². The van der Waals surface area contributed by atoms with Crippen LogP contribution < -0.4 is 10.6 Å². The van der Waals surface area contributed by atoms with Crippen LogP contribution >= 0.6 is 0 Å². The van der Waals surface area contributed by atoms with Gasteiger partial charge in [-0.15, -0.1) is 0 Å². The highest BCUT2D eigenvalue weighted by molar-refractivity contribution is 5.94. The average molecular weight is 344 g/mol. The Morgan fingerprint density at radius 1 is 1.00 bits per heavy atom. The van der Waals surface area contributed by atoms with Gasteiger partial charge in [-0.3, -0.25) is 9.59 Å². The number of carbonyl (C=O) groups excluding carboxylic acids is 2. The molecular formula is C18H21FN4O2. The van der Waals surface area contributed by atoms with Crippen LogP contribution in [0.15, 0.2) is 30.3 Å². The first-order valence-electron chi connectivity index (χ1n) is 8.05. The van der Waals surface area contributed by atoms with Crippen LogP contribution in [0, 0.1) is 19.7 Å². The molecule has 132 valence electrons. The fraction of sp³-hybridized carbons (Fsp3) is 0.333. The van der Waals surface area contributed by atoms with Crippen molar-refractivity contribution in [2.75, 3.05) is 13.1 Å². The standard InChI is InChI=1S/C18H21FN4O2/c1-12-11-13(2)23-16(22-12)7-9-20-17(24)8-10-21-18(25)14-3-5-15(19)6-4-14/h3-6,11H,7-10H2,1-2H3,(H,20,24)(H,21,25). The van der Waals surface area contributed by atoms with Gasteiger partial charge in [-0.1, -0.05) is 0 Å². The van der Waals surface area contributed by atoms with Gasteiger partial charge < -0.3 is 10.6 Å². The van der Waals surface area contributed by atoms with Crippen LogP contribution in [-0.2, 0) is 11.2 Å². The van der Waals surface area contributed by atoms with Gasteiger partial charge in [0.05, 0.1) is 0 Å². The van der Waals surface area contributed by atoms with Crippen molar-refractivity contribution < 1.29 is 14.0 Å². The Labute approximate surface area is 145 Å². The number of hydrogen-bond acceptors (Lipinski definition) is 4. The highest BCUT2D eigenvalue weighted by Gasteiger charge is 2.07. The first-order valence-corrected chi connectivity index (χ1v) is 8.05. The first kappa shape index (κ1) is 18.5. The third-order valence-electron chi connectivity index (χ3n) is 3.44. The molecule has 2 rings (SSSR count). The van der Waals surface area contributed by atoms with Gasteiger partial charge in [0, 0.05) is 42.9 Å². The number of halogens is 1. The van der Waals surface area contributed by atoms with E-state index in [0.717, 1.165) is 11.4 Å². The molecule has 25 heavy (non-hydrogen) atoms. The van der Waals surface area contributed by atoms with Crippen LogP contribution in [0.5, 0.6) is 0 Å². The fourth-order valence-corrected chi connectivity index (χ4v) is 2.31. The van der Waals surface area contributed by atoms with Crippen LogP contribution in [0.4, 0.5) is 4.39 Å². The molecule has 0 aliphatic heterocycles.